The van der Waals surface area contributed by atoms with Crippen LogP contribution in [-0.2, 0) is 4.79 Å². The van der Waals surface area contributed by atoms with E-state index in [9.17, 15) is 4.79 Å². The van der Waals surface area contributed by atoms with Crippen molar-refractivity contribution in [3.05, 3.63) is 22.3 Å². The molecule has 1 rings (SSSR count). The molecule has 82 valence electrons. The maximum absolute atomic E-state index is 11.4. The number of hydrogen-bond donors (Lipinski definition) is 1. The van der Waals surface area contributed by atoms with E-state index in [1.165, 1.54) is 0 Å². The molecule has 15 heavy (non-hydrogen) atoms. The molecule has 0 aliphatic heterocycles. The van der Waals surface area contributed by atoms with Crippen molar-refractivity contribution in [2.75, 3.05) is 26.0 Å². The van der Waals surface area contributed by atoms with E-state index in [2.05, 4.69) is 26.2 Å². The minimum Gasteiger partial charge on any atom is -0.310 e. The van der Waals surface area contributed by atoms with Crippen LogP contribution in [-0.4, -0.2) is 36.4 Å². The van der Waals surface area contributed by atoms with E-state index >= 15 is 0 Å². The Hall–Kier alpha value is -0.940. The largest absolute Gasteiger partial charge is 0.310 e. The van der Waals surface area contributed by atoms with Crippen molar-refractivity contribution in [3.8, 4) is 0 Å². The summed E-state index contributed by atoms with van der Waals surface area (Å²) in [6.07, 6.45) is 1.72. The van der Waals surface area contributed by atoms with E-state index in [4.69, 9.17) is 0 Å². The highest BCUT2D eigenvalue weighted by molar-refractivity contribution is 9.10. The first-order valence-electron chi connectivity index (χ1n) is 4.56. The third kappa shape index (κ3) is 3.97. The van der Waals surface area contributed by atoms with Crippen molar-refractivity contribution in [2.24, 2.45) is 0 Å². The molecule has 1 amide bonds. The van der Waals surface area contributed by atoms with Crippen LogP contribution in [0.15, 0.2) is 16.7 Å². The summed E-state index contributed by atoms with van der Waals surface area (Å²) in [4.78, 5) is 17.3. The number of anilines is 1. The first-order valence-corrected chi connectivity index (χ1v) is 5.35. The third-order valence-electron chi connectivity index (χ3n) is 1.76. The number of nitrogens with zero attached hydrogens (tertiary/aromatic N) is 2. The molecule has 4 nitrogen and oxygen atoms in total. The molecule has 0 bridgehead atoms. The smallest absolute Gasteiger partial charge is 0.239 e. The molecule has 5 heteroatoms. The van der Waals surface area contributed by atoms with Crippen LogP contribution in [0.3, 0.4) is 0 Å². The molecule has 1 N–H and O–H groups in total. The SMILES string of the molecule is Cc1cnc(NC(=O)CN(C)C)cc1Br. The van der Waals surface area contributed by atoms with Crippen LogP contribution in [0.2, 0.25) is 0 Å². The molecule has 0 aliphatic rings. The Morgan fingerprint density at radius 2 is 2.27 bits per heavy atom. The van der Waals surface area contributed by atoms with Gasteiger partial charge in [0.2, 0.25) is 5.91 Å². The predicted molar refractivity (Wildman–Crippen MR) is 63.9 cm³/mol. The lowest BCUT2D eigenvalue weighted by molar-refractivity contribution is -0.116. The molecule has 0 aromatic carbocycles. The van der Waals surface area contributed by atoms with Gasteiger partial charge in [0.1, 0.15) is 5.82 Å². The summed E-state index contributed by atoms with van der Waals surface area (Å²) in [6.45, 7) is 2.30. The number of aromatic nitrogens is 1. The molecular formula is C10H14BrN3O. The molecule has 1 heterocycles. The molecule has 0 atom stereocenters. The number of carbonyl (C=O) groups is 1. The highest BCUT2D eigenvalue weighted by atomic mass is 79.9. The van der Waals surface area contributed by atoms with Crippen LogP contribution >= 0.6 is 15.9 Å². The van der Waals surface area contributed by atoms with Gasteiger partial charge in [-0.05, 0) is 32.6 Å². The summed E-state index contributed by atoms with van der Waals surface area (Å²) >= 11 is 3.39. The highest BCUT2D eigenvalue weighted by Crippen LogP contribution is 2.17. The molecule has 0 unspecified atom stereocenters. The Bertz CT molecular complexity index is 366. The van der Waals surface area contributed by atoms with Crippen molar-refractivity contribution in [1.29, 1.82) is 0 Å². The average molecular weight is 272 g/mol. The van der Waals surface area contributed by atoms with E-state index in [0.717, 1.165) is 10.0 Å². The van der Waals surface area contributed by atoms with Crippen molar-refractivity contribution in [1.82, 2.24) is 9.88 Å². The van der Waals surface area contributed by atoms with Gasteiger partial charge in [-0.15, -0.1) is 0 Å². The molecule has 0 aliphatic carbocycles. The fourth-order valence-electron chi connectivity index (χ4n) is 1.04. The summed E-state index contributed by atoms with van der Waals surface area (Å²) in [7, 11) is 3.69. The van der Waals surface area contributed by atoms with Gasteiger partial charge in [0.15, 0.2) is 0 Å². The number of nitrogens with one attached hydrogen (secondary N) is 1. The summed E-state index contributed by atoms with van der Waals surface area (Å²) < 4.78 is 0.942. The standard InChI is InChI=1S/C10H14BrN3O/c1-7-5-12-9(4-8(7)11)13-10(15)6-14(2)3/h4-5H,6H2,1-3H3,(H,12,13,15). The number of carbonyl (C=O) groups excluding carboxylic acids is 1. The first-order chi connectivity index (χ1) is 6.99. The maximum atomic E-state index is 11.4. The molecule has 1 aromatic rings. The Morgan fingerprint density at radius 1 is 1.60 bits per heavy atom. The van der Waals surface area contributed by atoms with Crippen molar-refractivity contribution >= 4 is 27.7 Å². The van der Waals surface area contributed by atoms with E-state index < -0.39 is 0 Å². The van der Waals surface area contributed by atoms with Crippen molar-refractivity contribution in [3.63, 3.8) is 0 Å². The summed E-state index contributed by atoms with van der Waals surface area (Å²) in [5, 5.41) is 2.72. The third-order valence-corrected chi connectivity index (χ3v) is 2.62. The second kappa shape index (κ2) is 5.23. The number of hydrogen-bond acceptors (Lipinski definition) is 3. The van der Waals surface area contributed by atoms with Crippen LogP contribution in [0.1, 0.15) is 5.56 Å². The Kier molecular flexibility index (Phi) is 4.23. The molecule has 0 fully saturated rings. The molecule has 1 aromatic heterocycles. The van der Waals surface area contributed by atoms with Gasteiger partial charge >= 0.3 is 0 Å². The second-order valence-electron chi connectivity index (χ2n) is 3.60. The minimum atomic E-state index is -0.0664. The van der Waals surface area contributed by atoms with E-state index in [1.54, 1.807) is 17.2 Å². The van der Waals surface area contributed by atoms with E-state index in [-0.39, 0.29) is 5.91 Å². The summed E-state index contributed by atoms with van der Waals surface area (Å²) in [6, 6.07) is 1.79. The van der Waals surface area contributed by atoms with Crippen molar-refractivity contribution < 1.29 is 4.79 Å². The molecule has 0 spiro atoms. The van der Waals surface area contributed by atoms with Gasteiger partial charge in [-0.2, -0.15) is 0 Å². The Labute approximate surface area is 97.8 Å². The summed E-state index contributed by atoms with van der Waals surface area (Å²) in [5.74, 6) is 0.502. The van der Waals surface area contributed by atoms with Crippen LogP contribution in [0.4, 0.5) is 5.82 Å². The number of pyridine rings is 1. The predicted octanol–water partition coefficient (Wildman–Crippen LogP) is 1.65. The van der Waals surface area contributed by atoms with Gasteiger partial charge in [-0.1, -0.05) is 15.9 Å². The first kappa shape index (κ1) is 12.1. The molecular weight excluding hydrogens is 258 g/mol. The maximum Gasteiger partial charge on any atom is 0.239 e. The fourth-order valence-corrected chi connectivity index (χ4v) is 1.36. The molecule has 0 saturated carbocycles. The number of amides is 1. The zero-order valence-electron chi connectivity index (χ0n) is 9.04. The zero-order valence-corrected chi connectivity index (χ0v) is 10.6. The monoisotopic (exact) mass is 271 g/mol. The van der Waals surface area contributed by atoms with Gasteiger partial charge in [-0.3, -0.25) is 4.79 Å². The average Bonchev–Trinajstić information content (AvgIpc) is 2.10. The second-order valence-corrected chi connectivity index (χ2v) is 4.46. The highest BCUT2D eigenvalue weighted by Gasteiger charge is 2.05. The minimum absolute atomic E-state index is 0.0664. The van der Waals surface area contributed by atoms with Gasteiger partial charge in [0.05, 0.1) is 6.54 Å². The molecule has 0 radical (unpaired) electrons. The number of likely N-dealkylation sites (N-methyl/N-ethyl adjacent to an activating group) is 1. The fraction of sp³-hybridized carbons (Fsp3) is 0.400. The summed E-state index contributed by atoms with van der Waals surface area (Å²) in [5.41, 5.74) is 1.04. The van der Waals surface area contributed by atoms with Gasteiger partial charge < -0.3 is 10.2 Å². The Morgan fingerprint density at radius 3 is 2.80 bits per heavy atom. The number of rotatable bonds is 3. The lowest BCUT2D eigenvalue weighted by Gasteiger charge is -2.09. The number of aryl methyl sites for hydroxylation is 1. The Balaban J connectivity index is 2.65. The topological polar surface area (TPSA) is 45.2 Å². The van der Waals surface area contributed by atoms with Crippen LogP contribution < -0.4 is 5.32 Å². The van der Waals surface area contributed by atoms with Crippen molar-refractivity contribution in [2.45, 2.75) is 6.92 Å². The lowest BCUT2D eigenvalue weighted by Crippen LogP contribution is -2.27. The van der Waals surface area contributed by atoms with Crippen LogP contribution in [0.5, 0.6) is 0 Å². The van der Waals surface area contributed by atoms with Crippen LogP contribution in [0.25, 0.3) is 0 Å². The zero-order chi connectivity index (χ0) is 11.4. The van der Waals surface area contributed by atoms with Gasteiger partial charge in [0, 0.05) is 10.7 Å². The lowest BCUT2D eigenvalue weighted by atomic mass is 10.3. The normalized spacial score (nSPS) is 10.5. The van der Waals surface area contributed by atoms with E-state index in [1.807, 2.05) is 21.0 Å². The van der Waals surface area contributed by atoms with Gasteiger partial charge in [0.25, 0.3) is 0 Å². The van der Waals surface area contributed by atoms with Gasteiger partial charge in [-0.25, -0.2) is 4.98 Å². The van der Waals surface area contributed by atoms with E-state index in [0.29, 0.717) is 12.4 Å². The number of halogens is 1. The molecule has 0 saturated heterocycles. The van der Waals surface area contributed by atoms with Crippen LogP contribution in [0, 0.1) is 6.92 Å². The quantitative estimate of drug-likeness (QED) is 0.910.